The average Bonchev–Trinajstić information content (AvgIpc) is 3.20. The summed E-state index contributed by atoms with van der Waals surface area (Å²) in [6, 6.07) is 7.00. The van der Waals surface area contributed by atoms with E-state index in [2.05, 4.69) is 10.6 Å². The van der Waals surface area contributed by atoms with Crippen LogP contribution in [0, 0.1) is 5.92 Å². The fourth-order valence-corrected chi connectivity index (χ4v) is 4.26. The lowest BCUT2D eigenvalue weighted by Gasteiger charge is -2.13. The van der Waals surface area contributed by atoms with Crippen molar-refractivity contribution >= 4 is 27.3 Å². The Morgan fingerprint density at radius 1 is 1.09 bits per heavy atom. The van der Waals surface area contributed by atoms with Gasteiger partial charge in [-0.25, -0.2) is 8.42 Å². The summed E-state index contributed by atoms with van der Waals surface area (Å²) in [5.41, 5.74) is 0.832. The summed E-state index contributed by atoms with van der Waals surface area (Å²) < 4.78 is 22.9. The summed E-state index contributed by atoms with van der Waals surface area (Å²) >= 11 is 0. The van der Waals surface area contributed by atoms with Crippen molar-refractivity contribution in [2.24, 2.45) is 5.92 Å². The molecule has 2 fully saturated rings. The molecule has 1 aromatic rings. The van der Waals surface area contributed by atoms with Crippen LogP contribution in [0.2, 0.25) is 0 Å². The zero-order valence-electron chi connectivity index (χ0n) is 12.0. The number of carbonyl (C=O) groups is 2. The first-order chi connectivity index (χ1) is 10.4. The van der Waals surface area contributed by atoms with Gasteiger partial charge in [0, 0.05) is 6.04 Å². The molecule has 7 heteroatoms. The van der Waals surface area contributed by atoms with Crippen LogP contribution in [-0.4, -0.2) is 37.8 Å². The van der Waals surface area contributed by atoms with E-state index in [4.69, 9.17) is 0 Å². The van der Waals surface area contributed by atoms with Gasteiger partial charge in [0.2, 0.25) is 5.91 Å². The topological polar surface area (TPSA) is 92.3 Å². The third kappa shape index (κ3) is 3.47. The molecule has 1 aliphatic carbocycles. The van der Waals surface area contributed by atoms with Gasteiger partial charge < -0.3 is 10.6 Å². The molecule has 1 aromatic carbocycles. The Balaban J connectivity index is 1.72. The van der Waals surface area contributed by atoms with Gasteiger partial charge in [0.15, 0.2) is 9.84 Å². The highest BCUT2D eigenvalue weighted by atomic mass is 32.2. The second-order valence-electron chi connectivity index (χ2n) is 5.88. The molecule has 1 aliphatic heterocycles. The van der Waals surface area contributed by atoms with E-state index >= 15 is 0 Å². The Hall–Kier alpha value is -1.89. The van der Waals surface area contributed by atoms with E-state index in [9.17, 15) is 18.0 Å². The number of carbonyl (C=O) groups excluding carboxylic acids is 2. The van der Waals surface area contributed by atoms with Gasteiger partial charge in [-0.3, -0.25) is 9.59 Å². The molecule has 0 unspecified atom stereocenters. The SMILES string of the molecule is O=C(NC1CC1)c1ccccc1NC(=O)[C@H]1CCS(=O)(=O)C1. The number of para-hydroxylation sites is 1. The first-order valence-electron chi connectivity index (χ1n) is 7.36. The fraction of sp³-hybridized carbons (Fsp3) is 0.467. The van der Waals surface area contributed by atoms with Gasteiger partial charge in [0.1, 0.15) is 0 Å². The monoisotopic (exact) mass is 322 g/mol. The number of amides is 2. The maximum absolute atomic E-state index is 12.2. The molecule has 118 valence electrons. The average molecular weight is 322 g/mol. The molecule has 22 heavy (non-hydrogen) atoms. The van der Waals surface area contributed by atoms with Crippen LogP contribution in [0.1, 0.15) is 29.6 Å². The van der Waals surface area contributed by atoms with Crippen LogP contribution < -0.4 is 10.6 Å². The first-order valence-corrected chi connectivity index (χ1v) is 9.18. The van der Waals surface area contributed by atoms with Gasteiger partial charge >= 0.3 is 0 Å². The lowest BCUT2D eigenvalue weighted by atomic mass is 10.1. The zero-order chi connectivity index (χ0) is 15.7. The molecule has 2 aliphatic rings. The van der Waals surface area contributed by atoms with Crippen LogP contribution in [0.15, 0.2) is 24.3 Å². The van der Waals surface area contributed by atoms with Crippen molar-refractivity contribution in [3.05, 3.63) is 29.8 Å². The van der Waals surface area contributed by atoms with Crippen molar-refractivity contribution in [1.29, 1.82) is 0 Å². The van der Waals surface area contributed by atoms with Crippen molar-refractivity contribution in [1.82, 2.24) is 5.32 Å². The molecule has 2 amide bonds. The number of hydrogen-bond donors (Lipinski definition) is 2. The normalized spacial score (nSPS) is 23.0. The van der Waals surface area contributed by atoms with E-state index < -0.39 is 15.8 Å². The smallest absolute Gasteiger partial charge is 0.253 e. The van der Waals surface area contributed by atoms with Gasteiger partial charge in [-0.2, -0.15) is 0 Å². The molecule has 2 N–H and O–H groups in total. The van der Waals surface area contributed by atoms with Crippen molar-refractivity contribution in [3.63, 3.8) is 0 Å². The quantitative estimate of drug-likeness (QED) is 0.863. The molecule has 6 nitrogen and oxygen atoms in total. The predicted octanol–water partition coefficient (Wildman–Crippen LogP) is 0.952. The van der Waals surface area contributed by atoms with E-state index in [0.29, 0.717) is 17.7 Å². The zero-order valence-corrected chi connectivity index (χ0v) is 12.9. The van der Waals surface area contributed by atoms with Gasteiger partial charge in [0.25, 0.3) is 5.91 Å². The highest BCUT2D eigenvalue weighted by Crippen LogP contribution is 2.24. The minimum absolute atomic E-state index is 0.0505. The number of rotatable bonds is 4. The minimum atomic E-state index is -3.11. The lowest BCUT2D eigenvalue weighted by Crippen LogP contribution is -2.28. The van der Waals surface area contributed by atoms with Gasteiger partial charge in [0.05, 0.1) is 28.7 Å². The van der Waals surface area contributed by atoms with Crippen LogP contribution in [0.3, 0.4) is 0 Å². The van der Waals surface area contributed by atoms with E-state index in [-0.39, 0.29) is 29.4 Å². The molecule has 0 bridgehead atoms. The molecule has 1 saturated heterocycles. The Morgan fingerprint density at radius 3 is 2.45 bits per heavy atom. The van der Waals surface area contributed by atoms with Gasteiger partial charge in [-0.1, -0.05) is 12.1 Å². The standard InChI is InChI=1S/C15H18N2O4S/c18-14(10-7-8-22(20,21)9-10)17-13-4-2-1-3-12(13)15(19)16-11-5-6-11/h1-4,10-11H,5-9H2,(H,16,19)(H,17,18)/t10-/m0/s1. The highest BCUT2D eigenvalue weighted by molar-refractivity contribution is 7.91. The van der Waals surface area contributed by atoms with E-state index in [0.717, 1.165) is 12.8 Å². The Morgan fingerprint density at radius 2 is 1.82 bits per heavy atom. The maximum Gasteiger partial charge on any atom is 0.253 e. The molecule has 0 radical (unpaired) electrons. The van der Waals surface area contributed by atoms with Crippen LogP contribution in [0.5, 0.6) is 0 Å². The maximum atomic E-state index is 12.2. The van der Waals surface area contributed by atoms with E-state index in [1.54, 1.807) is 24.3 Å². The van der Waals surface area contributed by atoms with Crippen molar-refractivity contribution in [2.45, 2.75) is 25.3 Å². The van der Waals surface area contributed by atoms with E-state index in [1.807, 2.05) is 0 Å². The Bertz CT molecular complexity index is 710. The number of sulfone groups is 1. The highest BCUT2D eigenvalue weighted by Gasteiger charge is 2.33. The van der Waals surface area contributed by atoms with Crippen molar-refractivity contribution in [3.8, 4) is 0 Å². The second-order valence-corrected chi connectivity index (χ2v) is 8.11. The lowest BCUT2D eigenvalue weighted by molar-refractivity contribution is -0.119. The molecular weight excluding hydrogens is 304 g/mol. The van der Waals surface area contributed by atoms with Crippen LogP contribution in [0.25, 0.3) is 0 Å². The third-order valence-corrected chi connectivity index (χ3v) is 5.71. The molecular formula is C15H18N2O4S. The summed E-state index contributed by atoms with van der Waals surface area (Å²) in [6.07, 6.45) is 2.31. The molecule has 1 atom stereocenters. The summed E-state index contributed by atoms with van der Waals surface area (Å²) in [4.78, 5) is 24.4. The fourth-order valence-electron chi connectivity index (χ4n) is 2.52. The van der Waals surface area contributed by atoms with Gasteiger partial charge in [-0.15, -0.1) is 0 Å². The molecule has 0 spiro atoms. The number of benzene rings is 1. The van der Waals surface area contributed by atoms with E-state index in [1.165, 1.54) is 0 Å². The summed E-state index contributed by atoms with van der Waals surface area (Å²) in [5, 5.41) is 5.58. The van der Waals surface area contributed by atoms with Crippen LogP contribution in [0.4, 0.5) is 5.69 Å². The molecule has 1 saturated carbocycles. The summed E-state index contributed by atoms with van der Waals surface area (Å²) in [6.45, 7) is 0. The molecule has 1 heterocycles. The number of anilines is 1. The summed E-state index contributed by atoms with van der Waals surface area (Å²) in [7, 11) is -3.11. The minimum Gasteiger partial charge on any atom is -0.349 e. The molecule has 0 aromatic heterocycles. The van der Waals surface area contributed by atoms with Crippen molar-refractivity contribution in [2.75, 3.05) is 16.8 Å². The van der Waals surface area contributed by atoms with Crippen LogP contribution >= 0.6 is 0 Å². The Labute approximate surface area is 129 Å². The first kappa shape index (κ1) is 15.0. The number of hydrogen-bond acceptors (Lipinski definition) is 4. The Kier molecular flexibility index (Phi) is 3.90. The third-order valence-electron chi connectivity index (χ3n) is 3.95. The predicted molar refractivity (Wildman–Crippen MR) is 82.3 cm³/mol. The summed E-state index contributed by atoms with van der Waals surface area (Å²) in [5.74, 6) is -1.15. The molecule has 3 rings (SSSR count). The second kappa shape index (κ2) is 5.72. The largest absolute Gasteiger partial charge is 0.349 e. The van der Waals surface area contributed by atoms with Crippen molar-refractivity contribution < 1.29 is 18.0 Å². The van der Waals surface area contributed by atoms with Gasteiger partial charge in [-0.05, 0) is 31.4 Å². The van der Waals surface area contributed by atoms with Crippen LogP contribution in [-0.2, 0) is 14.6 Å². The number of nitrogens with one attached hydrogen (secondary N) is 2.